The number of nitrogens with one attached hydrogen (secondary N) is 1. The van der Waals surface area contributed by atoms with Crippen LogP contribution in [0.3, 0.4) is 0 Å². The molecule has 0 aliphatic carbocycles. The molecule has 1 aromatic rings. The Morgan fingerprint density at radius 2 is 1.87 bits per heavy atom. The van der Waals surface area contributed by atoms with Crippen molar-refractivity contribution in [3.63, 3.8) is 0 Å². The minimum atomic E-state index is -3.46. The average Bonchev–Trinajstić information content (AvgIpc) is 3.07. The van der Waals surface area contributed by atoms with Gasteiger partial charge < -0.3 is 5.32 Å². The van der Waals surface area contributed by atoms with Crippen LogP contribution in [0.25, 0.3) is 0 Å². The summed E-state index contributed by atoms with van der Waals surface area (Å²) in [6.07, 6.45) is 0.709. The molecule has 2 aliphatic heterocycles. The van der Waals surface area contributed by atoms with Gasteiger partial charge in [0.15, 0.2) is 0 Å². The summed E-state index contributed by atoms with van der Waals surface area (Å²) in [4.78, 5) is 14.3. The number of likely N-dealkylation sites (N-methyl/N-ethyl adjacent to an activating group) is 2. The van der Waals surface area contributed by atoms with E-state index in [0.717, 1.165) is 5.56 Å². The Labute approximate surface area is 137 Å². The fraction of sp³-hybridized carbons (Fsp3) is 0.562. The van der Waals surface area contributed by atoms with Gasteiger partial charge in [0, 0.05) is 26.2 Å². The number of likely N-dealkylation sites (tertiary alicyclic amines) is 1. The Hall–Kier alpha value is -1.44. The molecule has 126 valence electrons. The Morgan fingerprint density at radius 3 is 2.43 bits per heavy atom. The smallest absolute Gasteiger partial charge is 0.243 e. The van der Waals surface area contributed by atoms with Crippen molar-refractivity contribution in [1.29, 1.82) is 0 Å². The molecule has 2 fully saturated rings. The highest BCUT2D eigenvalue weighted by Gasteiger charge is 2.49. The van der Waals surface area contributed by atoms with E-state index in [2.05, 4.69) is 5.32 Å². The Bertz CT molecular complexity index is 702. The quantitative estimate of drug-likeness (QED) is 0.869. The van der Waals surface area contributed by atoms with Gasteiger partial charge in [-0.3, -0.25) is 9.69 Å². The number of aryl methyl sites for hydroxylation is 1. The Kier molecular flexibility index (Phi) is 4.20. The van der Waals surface area contributed by atoms with Crippen LogP contribution in [0.5, 0.6) is 0 Å². The molecule has 1 amide bonds. The van der Waals surface area contributed by atoms with E-state index in [1.54, 1.807) is 23.5 Å². The van der Waals surface area contributed by atoms with E-state index < -0.39 is 10.0 Å². The molecule has 6 nitrogen and oxygen atoms in total. The maximum atomic E-state index is 12.8. The van der Waals surface area contributed by atoms with Crippen molar-refractivity contribution in [1.82, 2.24) is 14.5 Å². The topological polar surface area (TPSA) is 69.7 Å². The monoisotopic (exact) mass is 337 g/mol. The normalized spacial score (nSPS) is 28.7. The molecule has 0 radical (unpaired) electrons. The lowest BCUT2D eigenvalue weighted by Gasteiger charge is -2.25. The molecule has 1 N–H and O–H groups in total. The molecule has 0 bridgehead atoms. The van der Waals surface area contributed by atoms with Crippen LogP contribution in [-0.4, -0.2) is 62.8 Å². The number of nitrogens with zero attached hydrogens (tertiary/aromatic N) is 2. The van der Waals surface area contributed by atoms with Gasteiger partial charge in [0.1, 0.15) is 0 Å². The minimum Gasteiger partial charge on any atom is -0.358 e. The van der Waals surface area contributed by atoms with Crippen LogP contribution in [0.4, 0.5) is 0 Å². The molecule has 0 saturated carbocycles. The zero-order valence-corrected chi connectivity index (χ0v) is 14.5. The third kappa shape index (κ3) is 2.77. The van der Waals surface area contributed by atoms with E-state index in [-0.39, 0.29) is 23.9 Å². The fourth-order valence-corrected chi connectivity index (χ4v) is 5.22. The molecule has 0 spiro atoms. The third-order valence-corrected chi connectivity index (χ3v) is 6.97. The van der Waals surface area contributed by atoms with Gasteiger partial charge in [0.05, 0.1) is 10.9 Å². The van der Waals surface area contributed by atoms with E-state index in [1.165, 1.54) is 0 Å². The number of hydrogen-bond acceptors (Lipinski definition) is 4. The van der Waals surface area contributed by atoms with Gasteiger partial charge in [-0.1, -0.05) is 17.7 Å². The molecular weight excluding hydrogens is 314 g/mol. The van der Waals surface area contributed by atoms with Crippen molar-refractivity contribution in [2.45, 2.75) is 30.3 Å². The van der Waals surface area contributed by atoms with Crippen molar-refractivity contribution in [3.8, 4) is 0 Å². The van der Waals surface area contributed by atoms with Gasteiger partial charge in [-0.2, -0.15) is 4.31 Å². The highest BCUT2D eigenvalue weighted by Crippen LogP contribution is 2.36. The standard InChI is InChI=1S/C16H23N3O3S/c1-11-4-6-13(7-5-11)23(21,22)19-9-12-8-14(16(20)17-2)18(3)15(12)10-19/h4-7,12,14-15H,8-10H2,1-3H3,(H,17,20)/t12-,14-,15+/m0/s1. The summed E-state index contributed by atoms with van der Waals surface area (Å²) in [7, 11) is 0.0885. The van der Waals surface area contributed by atoms with Crippen LogP contribution in [0.2, 0.25) is 0 Å². The number of benzene rings is 1. The second-order valence-electron chi connectivity index (χ2n) is 6.49. The second kappa shape index (κ2) is 5.89. The molecule has 3 atom stereocenters. The Balaban J connectivity index is 1.77. The number of carbonyl (C=O) groups excluding carboxylic acids is 1. The maximum absolute atomic E-state index is 12.8. The third-order valence-electron chi connectivity index (χ3n) is 5.12. The van der Waals surface area contributed by atoms with Crippen molar-refractivity contribution in [3.05, 3.63) is 29.8 Å². The lowest BCUT2D eigenvalue weighted by atomic mass is 10.0. The van der Waals surface area contributed by atoms with Crippen LogP contribution >= 0.6 is 0 Å². The van der Waals surface area contributed by atoms with Gasteiger partial charge >= 0.3 is 0 Å². The van der Waals surface area contributed by atoms with Crippen molar-refractivity contribution < 1.29 is 13.2 Å². The average molecular weight is 337 g/mol. The summed E-state index contributed by atoms with van der Waals surface area (Å²) in [5.41, 5.74) is 1.04. The van der Waals surface area contributed by atoms with E-state index >= 15 is 0 Å². The van der Waals surface area contributed by atoms with Crippen LogP contribution in [0.1, 0.15) is 12.0 Å². The molecule has 7 heteroatoms. The highest BCUT2D eigenvalue weighted by molar-refractivity contribution is 7.89. The van der Waals surface area contributed by atoms with E-state index in [0.29, 0.717) is 24.4 Å². The molecule has 1 aromatic carbocycles. The highest BCUT2D eigenvalue weighted by atomic mass is 32.2. The second-order valence-corrected chi connectivity index (χ2v) is 8.43. The summed E-state index contributed by atoms with van der Waals surface area (Å²) in [6, 6.07) is 6.91. The molecule has 2 aliphatic rings. The lowest BCUT2D eigenvalue weighted by Crippen LogP contribution is -2.45. The lowest BCUT2D eigenvalue weighted by molar-refractivity contribution is -0.125. The Morgan fingerprint density at radius 1 is 1.22 bits per heavy atom. The summed E-state index contributed by atoms with van der Waals surface area (Å²) >= 11 is 0. The first-order valence-corrected chi connectivity index (χ1v) is 9.29. The number of rotatable bonds is 3. The van der Waals surface area contributed by atoms with E-state index in [1.807, 2.05) is 31.0 Å². The maximum Gasteiger partial charge on any atom is 0.243 e. The van der Waals surface area contributed by atoms with Crippen molar-refractivity contribution >= 4 is 15.9 Å². The first kappa shape index (κ1) is 16.4. The van der Waals surface area contributed by atoms with Crippen LogP contribution < -0.4 is 5.32 Å². The predicted octanol–water partition coefficient (Wildman–Crippen LogP) is 0.434. The molecule has 3 rings (SSSR count). The molecule has 2 heterocycles. The SMILES string of the molecule is CNC(=O)[C@@H]1C[C@H]2CN(S(=O)(=O)c3ccc(C)cc3)C[C@H]2N1C. The molecule has 23 heavy (non-hydrogen) atoms. The van der Waals surface area contributed by atoms with E-state index in [9.17, 15) is 13.2 Å². The number of sulfonamides is 1. The summed E-state index contributed by atoms with van der Waals surface area (Å²) in [5.74, 6) is 0.220. The number of hydrogen-bond donors (Lipinski definition) is 1. The number of amides is 1. The van der Waals surface area contributed by atoms with Crippen molar-refractivity contribution in [2.75, 3.05) is 27.2 Å². The molecular formula is C16H23N3O3S. The van der Waals surface area contributed by atoms with Gasteiger partial charge in [-0.15, -0.1) is 0 Å². The van der Waals surface area contributed by atoms with E-state index in [4.69, 9.17) is 0 Å². The van der Waals surface area contributed by atoms with Crippen LogP contribution in [0, 0.1) is 12.8 Å². The predicted molar refractivity (Wildman–Crippen MR) is 87.5 cm³/mol. The summed E-state index contributed by atoms with van der Waals surface area (Å²) in [5, 5.41) is 2.69. The first-order chi connectivity index (χ1) is 10.8. The summed E-state index contributed by atoms with van der Waals surface area (Å²) in [6.45, 7) is 2.87. The number of carbonyl (C=O) groups is 1. The minimum absolute atomic E-state index is 0.00911. The van der Waals surface area contributed by atoms with Gasteiger partial charge in [-0.25, -0.2) is 8.42 Å². The first-order valence-electron chi connectivity index (χ1n) is 7.85. The van der Waals surface area contributed by atoms with Gasteiger partial charge in [0.25, 0.3) is 0 Å². The van der Waals surface area contributed by atoms with Crippen molar-refractivity contribution in [2.24, 2.45) is 5.92 Å². The summed E-state index contributed by atoms with van der Waals surface area (Å²) < 4.78 is 27.1. The molecule has 0 aromatic heterocycles. The molecule has 2 saturated heterocycles. The zero-order valence-electron chi connectivity index (χ0n) is 13.7. The van der Waals surface area contributed by atoms with Gasteiger partial charge in [-0.05, 0) is 38.4 Å². The largest absolute Gasteiger partial charge is 0.358 e. The fourth-order valence-electron chi connectivity index (χ4n) is 3.71. The number of fused-ring (bicyclic) bond motifs is 1. The zero-order chi connectivity index (χ0) is 16.8. The van der Waals surface area contributed by atoms with Crippen LogP contribution in [-0.2, 0) is 14.8 Å². The molecule has 0 unspecified atom stereocenters. The van der Waals surface area contributed by atoms with Crippen LogP contribution in [0.15, 0.2) is 29.2 Å². The van der Waals surface area contributed by atoms with Gasteiger partial charge in [0.2, 0.25) is 15.9 Å².